The molecule has 0 saturated heterocycles. The minimum atomic E-state index is -0.692. The molecule has 0 unspecified atom stereocenters. The van der Waals surface area contributed by atoms with Gasteiger partial charge in [0.2, 0.25) is 5.91 Å². The molecule has 2 aromatic carbocycles. The second-order valence-electron chi connectivity index (χ2n) is 6.83. The largest absolute Gasteiger partial charge is 0.482 e. The van der Waals surface area contributed by atoms with Crippen molar-refractivity contribution in [2.75, 3.05) is 6.61 Å². The predicted octanol–water partition coefficient (Wildman–Crippen LogP) is 4.70. The number of carbonyl (C=O) groups is 2. The van der Waals surface area contributed by atoms with E-state index in [9.17, 15) is 9.59 Å². The highest BCUT2D eigenvalue weighted by Gasteiger charge is 2.27. The van der Waals surface area contributed by atoms with Crippen LogP contribution in [0.5, 0.6) is 5.75 Å². The summed E-state index contributed by atoms with van der Waals surface area (Å²) >= 11 is 12.4. The molecule has 0 radical (unpaired) electrons. The van der Waals surface area contributed by atoms with Crippen LogP contribution in [0.3, 0.4) is 0 Å². The summed E-state index contributed by atoms with van der Waals surface area (Å²) in [6.07, 6.45) is 0.798. The fourth-order valence-corrected chi connectivity index (χ4v) is 3.03. The molecule has 2 atom stereocenters. The van der Waals surface area contributed by atoms with Gasteiger partial charge >= 0.3 is 0 Å². The van der Waals surface area contributed by atoms with Crippen molar-refractivity contribution in [3.8, 4) is 5.75 Å². The minimum absolute atomic E-state index is 0.0154. The van der Waals surface area contributed by atoms with Gasteiger partial charge in [0.15, 0.2) is 6.61 Å². The lowest BCUT2D eigenvalue weighted by Gasteiger charge is -2.30. The van der Waals surface area contributed by atoms with E-state index in [1.807, 2.05) is 32.0 Å². The van der Waals surface area contributed by atoms with Gasteiger partial charge in [-0.1, -0.05) is 60.5 Å². The van der Waals surface area contributed by atoms with Gasteiger partial charge < -0.3 is 15.0 Å². The van der Waals surface area contributed by atoms with Gasteiger partial charge in [0, 0.05) is 17.6 Å². The molecule has 0 aliphatic heterocycles. The summed E-state index contributed by atoms with van der Waals surface area (Å²) in [5.41, 5.74) is 0.753. The van der Waals surface area contributed by atoms with Gasteiger partial charge in [0.05, 0.1) is 5.02 Å². The summed E-state index contributed by atoms with van der Waals surface area (Å²) in [5, 5.41) is 3.87. The third kappa shape index (κ3) is 6.65. The lowest BCUT2D eigenvalue weighted by atomic mass is 10.1. The topological polar surface area (TPSA) is 58.6 Å². The molecule has 0 fully saturated rings. The van der Waals surface area contributed by atoms with Gasteiger partial charge in [0.25, 0.3) is 5.91 Å². The summed E-state index contributed by atoms with van der Waals surface area (Å²) in [7, 11) is 0. The third-order valence-electron chi connectivity index (χ3n) is 4.65. The van der Waals surface area contributed by atoms with E-state index in [1.165, 1.54) is 4.90 Å². The van der Waals surface area contributed by atoms with Crippen LogP contribution < -0.4 is 10.1 Å². The monoisotopic (exact) mass is 436 g/mol. The third-order valence-corrected chi connectivity index (χ3v) is 5.34. The second-order valence-corrected chi connectivity index (χ2v) is 7.64. The smallest absolute Gasteiger partial charge is 0.261 e. The Morgan fingerprint density at radius 2 is 1.66 bits per heavy atom. The number of nitrogens with one attached hydrogen (secondary N) is 1. The number of para-hydroxylation sites is 1. The second kappa shape index (κ2) is 11.1. The van der Waals surface area contributed by atoms with Gasteiger partial charge in [-0.3, -0.25) is 9.59 Å². The molecule has 7 heteroatoms. The lowest BCUT2D eigenvalue weighted by molar-refractivity contribution is -0.142. The van der Waals surface area contributed by atoms with Gasteiger partial charge in [-0.15, -0.1) is 0 Å². The SMILES string of the molecule is CC[C@H](C)NC(=O)[C@@H](C)N(Cc1ccccc1Cl)C(=O)COc1ccccc1Cl. The molecule has 1 N–H and O–H groups in total. The van der Waals surface area contributed by atoms with Crippen LogP contribution in [-0.2, 0) is 16.1 Å². The molecule has 0 saturated carbocycles. The highest BCUT2D eigenvalue weighted by atomic mass is 35.5. The van der Waals surface area contributed by atoms with Gasteiger partial charge in [-0.25, -0.2) is 0 Å². The number of halogens is 2. The molecule has 0 bridgehead atoms. The fraction of sp³-hybridized carbons (Fsp3) is 0.364. The van der Waals surface area contributed by atoms with Crippen LogP contribution in [0.1, 0.15) is 32.8 Å². The van der Waals surface area contributed by atoms with E-state index in [0.29, 0.717) is 15.8 Å². The number of ether oxygens (including phenoxy) is 1. The van der Waals surface area contributed by atoms with Crippen molar-refractivity contribution in [3.05, 3.63) is 64.1 Å². The first kappa shape index (κ1) is 23.0. The lowest BCUT2D eigenvalue weighted by Crippen LogP contribution is -2.50. The summed E-state index contributed by atoms with van der Waals surface area (Å²) in [6.45, 7) is 5.56. The number of hydrogen-bond donors (Lipinski definition) is 1. The van der Waals surface area contributed by atoms with Crippen molar-refractivity contribution < 1.29 is 14.3 Å². The molecular formula is C22H26Cl2N2O3. The molecule has 156 valence electrons. The molecule has 0 heterocycles. The Balaban J connectivity index is 2.18. The van der Waals surface area contributed by atoms with Crippen LogP contribution in [0.25, 0.3) is 0 Å². The van der Waals surface area contributed by atoms with E-state index in [1.54, 1.807) is 37.3 Å². The fourth-order valence-electron chi connectivity index (χ4n) is 2.64. The van der Waals surface area contributed by atoms with Crippen molar-refractivity contribution in [2.45, 2.75) is 45.8 Å². The van der Waals surface area contributed by atoms with Crippen molar-refractivity contribution in [2.24, 2.45) is 0 Å². The summed E-state index contributed by atoms with van der Waals surface area (Å²) in [6, 6.07) is 13.5. The Morgan fingerprint density at radius 3 is 2.28 bits per heavy atom. The predicted molar refractivity (Wildman–Crippen MR) is 116 cm³/mol. The average Bonchev–Trinajstić information content (AvgIpc) is 2.71. The van der Waals surface area contributed by atoms with E-state index in [0.717, 1.165) is 12.0 Å². The zero-order valence-corrected chi connectivity index (χ0v) is 18.3. The Labute approximate surface area is 181 Å². The quantitative estimate of drug-likeness (QED) is 0.619. The van der Waals surface area contributed by atoms with E-state index in [4.69, 9.17) is 27.9 Å². The molecule has 0 aliphatic carbocycles. The Kier molecular flexibility index (Phi) is 8.80. The van der Waals surface area contributed by atoms with Crippen LogP contribution >= 0.6 is 23.2 Å². The number of nitrogens with zero attached hydrogens (tertiary/aromatic N) is 1. The first-order valence-electron chi connectivity index (χ1n) is 9.54. The maximum absolute atomic E-state index is 13.0. The molecule has 5 nitrogen and oxygen atoms in total. The molecule has 0 aliphatic rings. The maximum Gasteiger partial charge on any atom is 0.261 e. The first-order chi connectivity index (χ1) is 13.8. The zero-order chi connectivity index (χ0) is 21.4. The van der Waals surface area contributed by atoms with Crippen LogP contribution in [0.4, 0.5) is 0 Å². The average molecular weight is 437 g/mol. The Morgan fingerprint density at radius 1 is 1.03 bits per heavy atom. The van der Waals surface area contributed by atoms with Crippen LogP contribution in [0.15, 0.2) is 48.5 Å². The van der Waals surface area contributed by atoms with E-state index < -0.39 is 6.04 Å². The molecule has 0 aromatic heterocycles. The zero-order valence-electron chi connectivity index (χ0n) is 16.8. The molecular weight excluding hydrogens is 411 g/mol. The standard InChI is InChI=1S/C22H26Cl2N2O3/c1-4-15(2)25-22(28)16(3)26(13-17-9-5-6-10-18(17)23)21(27)14-29-20-12-8-7-11-19(20)24/h5-12,15-16H,4,13-14H2,1-3H3,(H,25,28)/t15-,16+/m0/s1. The molecule has 29 heavy (non-hydrogen) atoms. The Hall–Kier alpha value is -2.24. The summed E-state index contributed by atoms with van der Waals surface area (Å²) < 4.78 is 5.59. The highest BCUT2D eigenvalue weighted by Crippen LogP contribution is 2.24. The molecule has 2 amide bonds. The van der Waals surface area contributed by atoms with Crippen LogP contribution in [0.2, 0.25) is 10.0 Å². The van der Waals surface area contributed by atoms with Gasteiger partial charge in [-0.05, 0) is 44.0 Å². The van der Waals surface area contributed by atoms with Crippen molar-refractivity contribution in [1.82, 2.24) is 10.2 Å². The van der Waals surface area contributed by atoms with Crippen molar-refractivity contribution >= 4 is 35.0 Å². The maximum atomic E-state index is 13.0. The summed E-state index contributed by atoms with van der Waals surface area (Å²) in [5.74, 6) is -0.147. The summed E-state index contributed by atoms with van der Waals surface area (Å²) in [4.78, 5) is 27.1. The minimum Gasteiger partial charge on any atom is -0.482 e. The molecule has 2 rings (SSSR count). The molecule has 2 aromatic rings. The number of carbonyl (C=O) groups excluding carboxylic acids is 2. The number of amides is 2. The van der Waals surface area contributed by atoms with Crippen molar-refractivity contribution in [1.29, 1.82) is 0 Å². The highest BCUT2D eigenvalue weighted by molar-refractivity contribution is 6.32. The van der Waals surface area contributed by atoms with Gasteiger partial charge in [0.1, 0.15) is 11.8 Å². The normalized spacial score (nSPS) is 12.7. The first-order valence-corrected chi connectivity index (χ1v) is 10.3. The number of hydrogen-bond acceptors (Lipinski definition) is 3. The molecule has 0 spiro atoms. The van der Waals surface area contributed by atoms with E-state index in [-0.39, 0.29) is 31.0 Å². The van der Waals surface area contributed by atoms with Crippen molar-refractivity contribution in [3.63, 3.8) is 0 Å². The number of rotatable bonds is 9. The number of benzene rings is 2. The van der Waals surface area contributed by atoms with Gasteiger partial charge in [-0.2, -0.15) is 0 Å². The van der Waals surface area contributed by atoms with Crippen LogP contribution in [0, 0.1) is 0 Å². The van der Waals surface area contributed by atoms with E-state index >= 15 is 0 Å². The van der Waals surface area contributed by atoms with Crippen LogP contribution in [-0.4, -0.2) is 35.4 Å². The Bertz CT molecular complexity index is 844. The van der Waals surface area contributed by atoms with E-state index in [2.05, 4.69) is 5.32 Å².